The lowest BCUT2D eigenvalue weighted by atomic mass is 10.00. The van der Waals surface area contributed by atoms with E-state index >= 15 is 0 Å². The highest BCUT2D eigenvalue weighted by Gasteiger charge is 2.14. The van der Waals surface area contributed by atoms with Gasteiger partial charge in [-0.25, -0.2) is 4.79 Å². The van der Waals surface area contributed by atoms with E-state index in [9.17, 15) is 10.1 Å². The first-order valence-corrected chi connectivity index (χ1v) is 10.9. The number of nitriles is 1. The zero-order valence-corrected chi connectivity index (χ0v) is 19.6. The Hall–Kier alpha value is -3.82. The first-order chi connectivity index (χ1) is 15.9. The number of allylic oxidation sites excluding steroid dienone is 2. The van der Waals surface area contributed by atoms with Crippen molar-refractivity contribution >= 4 is 33.5 Å². The Bertz CT molecular complexity index is 1220. The fourth-order valence-corrected chi connectivity index (χ4v) is 3.53. The molecule has 5 nitrogen and oxygen atoms in total. The first kappa shape index (κ1) is 23.8. The molecular formula is C27H22BrNO4. The van der Waals surface area contributed by atoms with Gasteiger partial charge in [-0.15, -0.1) is 6.58 Å². The van der Waals surface area contributed by atoms with Gasteiger partial charge in [0.25, 0.3) is 0 Å². The molecule has 3 aromatic rings. The summed E-state index contributed by atoms with van der Waals surface area (Å²) in [7, 11) is 1.57. The topological polar surface area (TPSA) is 79.6 Å². The van der Waals surface area contributed by atoms with Crippen LogP contribution in [0.25, 0.3) is 11.6 Å². The molecule has 1 N–H and O–H groups in total. The number of carboxylic acids is 1. The van der Waals surface area contributed by atoms with Gasteiger partial charge in [0.2, 0.25) is 0 Å². The van der Waals surface area contributed by atoms with E-state index in [0.29, 0.717) is 35.7 Å². The summed E-state index contributed by atoms with van der Waals surface area (Å²) in [6.45, 7) is 4.22. The van der Waals surface area contributed by atoms with Crippen molar-refractivity contribution in [3.63, 3.8) is 0 Å². The minimum atomic E-state index is -1.01. The van der Waals surface area contributed by atoms with Crippen LogP contribution in [-0.2, 0) is 13.0 Å². The molecule has 0 unspecified atom stereocenters. The smallest absolute Gasteiger partial charge is 0.335 e. The SMILES string of the molecule is C=CCc1cc(/C=C(/C#N)c2ccc(C(=O)O)cc2)cc(OC)c1OCc1ccc(Br)cc1. The molecule has 33 heavy (non-hydrogen) atoms. The minimum Gasteiger partial charge on any atom is -0.493 e. The lowest BCUT2D eigenvalue weighted by Gasteiger charge is -2.16. The van der Waals surface area contributed by atoms with Crippen LogP contribution in [0.3, 0.4) is 0 Å². The standard InChI is InChI=1S/C27H22BrNO4/c1-3-4-22-13-19(14-23(16-29)20-7-9-21(10-8-20)27(30)31)15-25(32-2)26(22)33-17-18-5-11-24(28)12-6-18/h3,5-15H,1,4,17H2,2H3,(H,30,31)/b23-14-. The van der Waals surface area contributed by atoms with E-state index in [-0.39, 0.29) is 5.56 Å². The molecule has 166 valence electrons. The third kappa shape index (κ3) is 6.12. The molecular weight excluding hydrogens is 482 g/mol. The molecule has 0 aromatic heterocycles. The normalized spacial score (nSPS) is 10.9. The van der Waals surface area contributed by atoms with Gasteiger partial charge in [-0.05, 0) is 65.6 Å². The van der Waals surface area contributed by atoms with Crippen molar-refractivity contribution in [2.75, 3.05) is 7.11 Å². The van der Waals surface area contributed by atoms with Crippen LogP contribution >= 0.6 is 15.9 Å². The molecule has 0 heterocycles. The van der Waals surface area contributed by atoms with E-state index in [1.165, 1.54) is 12.1 Å². The number of ether oxygens (including phenoxy) is 2. The number of aromatic carboxylic acids is 1. The van der Waals surface area contributed by atoms with E-state index < -0.39 is 5.97 Å². The van der Waals surface area contributed by atoms with Gasteiger partial charge in [0.15, 0.2) is 11.5 Å². The second kappa shape index (κ2) is 11.2. The predicted octanol–water partition coefficient (Wildman–Crippen LogP) is 6.53. The highest BCUT2D eigenvalue weighted by molar-refractivity contribution is 9.10. The second-order valence-corrected chi connectivity index (χ2v) is 8.09. The van der Waals surface area contributed by atoms with Crippen molar-refractivity contribution in [3.05, 3.63) is 106 Å². The third-order valence-electron chi connectivity index (χ3n) is 4.91. The Kier molecular flexibility index (Phi) is 8.06. The van der Waals surface area contributed by atoms with E-state index in [1.54, 1.807) is 31.4 Å². The molecule has 0 saturated heterocycles. The highest BCUT2D eigenvalue weighted by atomic mass is 79.9. The quantitative estimate of drug-likeness (QED) is 0.204. The maximum absolute atomic E-state index is 11.1. The summed E-state index contributed by atoms with van der Waals surface area (Å²) < 4.78 is 12.7. The third-order valence-corrected chi connectivity index (χ3v) is 5.44. The van der Waals surface area contributed by atoms with Crippen LogP contribution in [0.4, 0.5) is 0 Å². The average molecular weight is 504 g/mol. The van der Waals surface area contributed by atoms with Crippen LogP contribution in [0.1, 0.15) is 32.6 Å². The largest absolute Gasteiger partial charge is 0.493 e. The lowest BCUT2D eigenvalue weighted by Crippen LogP contribution is -2.02. The summed E-state index contributed by atoms with van der Waals surface area (Å²) in [5.74, 6) is 0.166. The molecule has 0 bridgehead atoms. The summed E-state index contributed by atoms with van der Waals surface area (Å²) in [4.78, 5) is 11.1. The average Bonchev–Trinajstić information content (AvgIpc) is 2.82. The van der Waals surface area contributed by atoms with Crippen molar-refractivity contribution in [2.45, 2.75) is 13.0 Å². The van der Waals surface area contributed by atoms with Crippen LogP contribution < -0.4 is 9.47 Å². The molecule has 0 fully saturated rings. The second-order valence-electron chi connectivity index (χ2n) is 7.17. The van der Waals surface area contributed by atoms with E-state index in [0.717, 1.165) is 21.2 Å². The zero-order valence-electron chi connectivity index (χ0n) is 18.0. The molecule has 0 aliphatic heterocycles. The van der Waals surface area contributed by atoms with Crippen molar-refractivity contribution in [1.29, 1.82) is 5.26 Å². The van der Waals surface area contributed by atoms with Crippen LogP contribution in [0.2, 0.25) is 0 Å². The van der Waals surface area contributed by atoms with Gasteiger partial charge in [0.05, 0.1) is 24.3 Å². The van der Waals surface area contributed by atoms with Gasteiger partial charge in [-0.1, -0.05) is 46.3 Å². The molecule has 0 aliphatic carbocycles. The minimum absolute atomic E-state index is 0.165. The number of nitrogens with zero attached hydrogens (tertiary/aromatic N) is 1. The molecule has 6 heteroatoms. The Morgan fingerprint density at radius 3 is 2.36 bits per heavy atom. The molecule has 0 radical (unpaired) electrons. The van der Waals surface area contributed by atoms with Crippen molar-refractivity contribution < 1.29 is 19.4 Å². The van der Waals surface area contributed by atoms with E-state index in [4.69, 9.17) is 14.6 Å². The zero-order chi connectivity index (χ0) is 23.8. The number of hydrogen-bond donors (Lipinski definition) is 1. The van der Waals surface area contributed by atoms with Crippen LogP contribution in [0.15, 0.2) is 77.8 Å². The number of halogens is 1. The first-order valence-electron chi connectivity index (χ1n) is 10.1. The van der Waals surface area contributed by atoms with Crippen LogP contribution in [0, 0.1) is 11.3 Å². The lowest BCUT2D eigenvalue weighted by molar-refractivity contribution is 0.0697. The highest BCUT2D eigenvalue weighted by Crippen LogP contribution is 2.35. The van der Waals surface area contributed by atoms with Gasteiger partial charge < -0.3 is 14.6 Å². The number of carbonyl (C=O) groups is 1. The molecule has 3 aromatic carbocycles. The van der Waals surface area contributed by atoms with E-state index in [2.05, 4.69) is 28.6 Å². The molecule has 0 saturated carbocycles. The molecule has 0 aliphatic rings. The summed E-state index contributed by atoms with van der Waals surface area (Å²) in [5.41, 5.74) is 3.86. The van der Waals surface area contributed by atoms with Crippen molar-refractivity contribution in [1.82, 2.24) is 0 Å². The van der Waals surface area contributed by atoms with Gasteiger partial charge in [-0.2, -0.15) is 5.26 Å². The molecule has 0 amide bonds. The van der Waals surface area contributed by atoms with Gasteiger partial charge in [-0.3, -0.25) is 0 Å². The molecule has 3 rings (SSSR count). The number of hydrogen-bond acceptors (Lipinski definition) is 4. The summed E-state index contributed by atoms with van der Waals surface area (Å²) in [6.07, 6.45) is 4.08. The monoisotopic (exact) mass is 503 g/mol. The van der Waals surface area contributed by atoms with Crippen molar-refractivity contribution in [3.8, 4) is 17.6 Å². The Balaban J connectivity index is 1.95. The van der Waals surface area contributed by atoms with E-state index in [1.807, 2.05) is 36.4 Å². The number of rotatable bonds is 9. The van der Waals surface area contributed by atoms with Gasteiger partial charge >= 0.3 is 5.97 Å². The number of benzene rings is 3. The van der Waals surface area contributed by atoms with Crippen molar-refractivity contribution in [2.24, 2.45) is 0 Å². The van der Waals surface area contributed by atoms with Crippen LogP contribution in [0.5, 0.6) is 11.5 Å². The number of carboxylic acid groups (broad SMARTS) is 1. The maximum Gasteiger partial charge on any atom is 0.335 e. The van der Waals surface area contributed by atoms with Crippen LogP contribution in [-0.4, -0.2) is 18.2 Å². The Labute approximate surface area is 201 Å². The number of methoxy groups -OCH3 is 1. The molecule has 0 spiro atoms. The van der Waals surface area contributed by atoms with Gasteiger partial charge in [0, 0.05) is 10.0 Å². The fraction of sp³-hybridized carbons (Fsp3) is 0.111. The molecule has 0 atom stereocenters. The Morgan fingerprint density at radius 1 is 1.12 bits per heavy atom. The summed E-state index contributed by atoms with van der Waals surface area (Å²) in [5, 5.41) is 18.8. The van der Waals surface area contributed by atoms with Gasteiger partial charge in [0.1, 0.15) is 6.61 Å². The summed E-state index contributed by atoms with van der Waals surface area (Å²) >= 11 is 3.43. The predicted molar refractivity (Wildman–Crippen MR) is 132 cm³/mol. The summed E-state index contributed by atoms with van der Waals surface area (Å²) in [6, 6.07) is 20.0. The fourth-order valence-electron chi connectivity index (χ4n) is 3.26. The maximum atomic E-state index is 11.1. The Morgan fingerprint density at radius 2 is 1.79 bits per heavy atom.